The smallest absolute Gasteiger partial charge is 0.317 e. The van der Waals surface area contributed by atoms with E-state index in [1.165, 1.54) is 0 Å². The molecule has 1 aromatic rings. The maximum Gasteiger partial charge on any atom is 0.317 e. The first-order chi connectivity index (χ1) is 12.0. The number of likely N-dealkylation sites (tertiary alicyclic amines) is 1. The molecular formula is C17H29N5O3. The molecule has 2 fully saturated rings. The van der Waals surface area contributed by atoms with Crippen molar-refractivity contribution in [1.82, 2.24) is 20.4 Å². The van der Waals surface area contributed by atoms with E-state index in [-0.39, 0.29) is 18.0 Å². The molecule has 2 saturated heterocycles. The summed E-state index contributed by atoms with van der Waals surface area (Å²) >= 11 is 0. The molecule has 140 valence electrons. The van der Waals surface area contributed by atoms with E-state index in [9.17, 15) is 4.79 Å². The van der Waals surface area contributed by atoms with Gasteiger partial charge in [-0.05, 0) is 43.7 Å². The zero-order valence-electron chi connectivity index (χ0n) is 15.4. The third kappa shape index (κ3) is 4.62. The Morgan fingerprint density at radius 2 is 2.12 bits per heavy atom. The van der Waals surface area contributed by atoms with Crippen LogP contribution >= 0.6 is 0 Å². The van der Waals surface area contributed by atoms with Crippen LogP contribution in [0.2, 0.25) is 0 Å². The fraction of sp³-hybridized carbons (Fsp3) is 0.824. The van der Waals surface area contributed by atoms with Gasteiger partial charge in [-0.25, -0.2) is 4.79 Å². The number of nitrogens with one attached hydrogen (secondary N) is 1. The molecule has 0 radical (unpaired) electrons. The zero-order chi connectivity index (χ0) is 17.8. The van der Waals surface area contributed by atoms with Crippen LogP contribution < -0.4 is 10.2 Å². The van der Waals surface area contributed by atoms with Crippen LogP contribution in [0.3, 0.4) is 0 Å². The normalized spacial score (nSPS) is 22.8. The van der Waals surface area contributed by atoms with E-state index in [0.717, 1.165) is 52.0 Å². The summed E-state index contributed by atoms with van der Waals surface area (Å²) < 4.78 is 10.8. The molecule has 0 saturated carbocycles. The Balaban J connectivity index is 1.43. The Morgan fingerprint density at radius 3 is 2.72 bits per heavy atom. The minimum atomic E-state index is 0.0318. The number of rotatable bonds is 5. The van der Waals surface area contributed by atoms with Gasteiger partial charge in [0.1, 0.15) is 0 Å². The lowest BCUT2D eigenvalue weighted by molar-refractivity contribution is 0.167. The summed E-state index contributed by atoms with van der Waals surface area (Å²) in [4.78, 5) is 20.6. The largest absolute Gasteiger partial charge is 0.381 e. The molecule has 0 aromatic carbocycles. The van der Waals surface area contributed by atoms with E-state index < -0.39 is 0 Å². The van der Waals surface area contributed by atoms with Crippen LogP contribution in [0.5, 0.6) is 0 Å². The van der Waals surface area contributed by atoms with Crippen LogP contribution in [0.25, 0.3) is 0 Å². The Morgan fingerprint density at radius 1 is 1.36 bits per heavy atom. The Kier molecular flexibility index (Phi) is 5.78. The first kappa shape index (κ1) is 18.0. The van der Waals surface area contributed by atoms with Crippen molar-refractivity contribution in [2.45, 2.75) is 44.6 Å². The van der Waals surface area contributed by atoms with Crippen LogP contribution in [-0.4, -0.2) is 67.5 Å². The van der Waals surface area contributed by atoms with E-state index in [1.807, 2.05) is 23.9 Å². The highest BCUT2D eigenvalue weighted by molar-refractivity contribution is 5.74. The molecule has 25 heavy (non-hydrogen) atoms. The Bertz CT molecular complexity index is 562. The van der Waals surface area contributed by atoms with Gasteiger partial charge in [0.05, 0.1) is 0 Å². The molecule has 0 bridgehead atoms. The molecule has 8 heteroatoms. The van der Waals surface area contributed by atoms with Gasteiger partial charge in [0, 0.05) is 52.4 Å². The summed E-state index contributed by atoms with van der Waals surface area (Å²) in [5.41, 5.74) is 0. The van der Waals surface area contributed by atoms with Crippen LogP contribution in [0.4, 0.5) is 10.7 Å². The molecule has 0 spiro atoms. The van der Waals surface area contributed by atoms with Crippen LogP contribution in [0.15, 0.2) is 4.52 Å². The fourth-order valence-corrected chi connectivity index (χ4v) is 3.53. The molecule has 0 aliphatic carbocycles. The predicted molar refractivity (Wildman–Crippen MR) is 93.7 cm³/mol. The number of urea groups is 1. The summed E-state index contributed by atoms with van der Waals surface area (Å²) in [5, 5.41) is 7.09. The van der Waals surface area contributed by atoms with Gasteiger partial charge in [0.25, 0.3) is 5.95 Å². The number of hydrogen-bond donors (Lipinski definition) is 1. The maximum absolute atomic E-state index is 12.4. The second kappa shape index (κ2) is 8.03. The quantitative estimate of drug-likeness (QED) is 0.871. The van der Waals surface area contributed by atoms with E-state index in [0.29, 0.717) is 17.8 Å². The standard InChI is InChI=1S/C17H29N5O3/c1-12(10-13-6-9-24-11-13)18-17(23)22-7-4-14(5-8-22)15-19-16(20-25-15)21(2)3/h12-14H,4-11H2,1-3H3,(H,18,23). The van der Waals surface area contributed by atoms with Crippen molar-refractivity contribution in [1.29, 1.82) is 0 Å². The predicted octanol–water partition coefficient (Wildman–Crippen LogP) is 1.84. The molecule has 2 aliphatic heterocycles. The van der Waals surface area contributed by atoms with E-state index in [2.05, 4.69) is 22.4 Å². The molecule has 2 unspecified atom stereocenters. The highest BCUT2D eigenvalue weighted by atomic mass is 16.5. The monoisotopic (exact) mass is 351 g/mol. The molecule has 1 aromatic heterocycles. The first-order valence-electron chi connectivity index (χ1n) is 9.17. The second-order valence-electron chi connectivity index (χ2n) is 7.40. The van der Waals surface area contributed by atoms with Gasteiger partial charge in [-0.15, -0.1) is 0 Å². The Hall–Kier alpha value is -1.83. The van der Waals surface area contributed by atoms with Crippen molar-refractivity contribution >= 4 is 12.0 Å². The molecule has 2 atom stereocenters. The van der Waals surface area contributed by atoms with Gasteiger partial charge >= 0.3 is 6.03 Å². The lowest BCUT2D eigenvalue weighted by atomic mass is 9.97. The summed E-state index contributed by atoms with van der Waals surface area (Å²) in [6.07, 6.45) is 3.79. The first-order valence-corrected chi connectivity index (χ1v) is 9.17. The van der Waals surface area contributed by atoms with Crippen molar-refractivity contribution in [3.05, 3.63) is 5.89 Å². The highest BCUT2D eigenvalue weighted by Gasteiger charge is 2.28. The number of nitrogens with zero attached hydrogens (tertiary/aromatic N) is 4. The van der Waals surface area contributed by atoms with E-state index >= 15 is 0 Å². The van der Waals surface area contributed by atoms with Gasteiger partial charge in [-0.2, -0.15) is 4.98 Å². The number of anilines is 1. The lowest BCUT2D eigenvalue weighted by Gasteiger charge is -2.31. The number of carbonyl (C=O) groups excluding carboxylic acids is 1. The van der Waals surface area contributed by atoms with Crippen LogP contribution in [0.1, 0.15) is 44.4 Å². The molecule has 3 rings (SSSR count). The molecule has 1 N–H and O–H groups in total. The lowest BCUT2D eigenvalue weighted by Crippen LogP contribution is -2.47. The van der Waals surface area contributed by atoms with Crippen molar-refractivity contribution < 1.29 is 14.1 Å². The molecule has 3 heterocycles. The van der Waals surface area contributed by atoms with Crippen molar-refractivity contribution in [3.63, 3.8) is 0 Å². The zero-order valence-corrected chi connectivity index (χ0v) is 15.4. The molecule has 2 amide bonds. The minimum Gasteiger partial charge on any atom is -0.381 e. The topological polar surface area (TPSA) is 83.7 Å². The average molecular weight is 351 g/mol. The number of hydrogen-bond acceptors (Lipinski definition) is 6. The molecular weight excluding hydrogens is 322 g/mol. The van der Waals surface area contributed by atoms with Gasteiger partial charge in [0.2, 0.25) is 5.89 Å². The Labute approximate surface area is 148 Å². The van der Waals surface area contributed by atoms with Gasteiger partial charge in [-0.3, -0.25) is 0 Å². The minimum absolute atomic E-state index is 0.0318. The third-order valence-electron chi connectivity index (χ3n) is 5.04. The summed E-state index contributed by atoms with van der Waals surface area (Å²) in [5.74, 6) is 2.08. The van der Waals surface area contributed by atoms with Crippen molar-refractivity contribution in [2.24, 2.45) is 5.92 Å². The van der Waals surface area contributed by atoms with E-state index in [4.69, 9.17) is 9.26 Å². The summed E-state index contributed by atoms with van der Waals surface area (Å²) in [7, 11) is 3.78. The summed E-state index contributed by atoms with van der Waals surface area (Å²) in [6.45, 7) is 5.18. The van der Waals surface area contributed by atoms with Crippen molar-refractivity contribution in [3.8, 4) is 0 Å². The SMILES string of the molecule is CC(CC1CCOC1)NC(=O)N1CCC(c2nc(N(C)C)no2)CC1. The second-order valence-corrected chi connectivity index (χ2v) is 7.40. The fourth-order valence-electron chi connectivity index (χ4n) is 3.53. The van der Waals surface area contributed by atoms with Crippen LogP contribution in [0, 0.1) is 5.92 Å². The number of carbonyl (C=O) groups is 1. The number of piperidine rings is 1. The average Bonchev–Trinajstić information content (AvgIpc) is 3.26. The summed E-state index contributed by atoms with van der Waals surface area (Å²) in [6, 6.07) is 0.208. The third-order valence-corrected chi connectivity index (χ3v) is 5.04. The van der Waals surface area contributed by atoms with Crippen LogP contribution in [-0.2, 0) is 4.74 Å². The number of aromatic nitrogens is 2. The number of ether oxygens (including phenoxy) is 1. The van der Waals surface area contributed by atoms with Gasteiger partial charge in [-0.1, -0.05) is 0 Å². The highest BCUT2D eigenvalue weighted by Crippen LogP contribution is 2.28. The van der Waals surface area contributed by atoms with Gasteiger partial charge < -0.3 is 24.4 Å². The molecule has 2 aliphatic rings. The van der Waals surface area contributed by atoms with E-state index in [1.54, 1.807) is 0 Å². The van der Waals surface area contributed by atoms with Crippen molar-refractivity contribution in [2.75, 3.05) is 45.3 Å². The molecule has 8 nitrogen and oxygen atoms in total. The number of amides is 2. The maximum atomic E-state index is 12.4. The van der Waals surface area contributed by atoms with Gasteiger partial charge in [0.15, 0.2) is 0 Å².